The van der Waals surface area contributed by atoms with Crippen molar-refractivity contribution in [1.29, 1.82) is 0 Å². The normalized spacial score (nSPS) is 14.5. The minimum atomic E-state index is 0.102. The van der Waals surface area contributed by atoms with E-state index in [4.69, 9.17) is 0 Å². The van der Waals surface area contributed by atoms with Gasteiger partial charge in [-0.15, -0.1) is 0 Å². The Morgan fingerprint density at radius 2 is 2.07 bits per heavy atom. The zero-order valence-corrected chi connectivity index (χ0v) is 8.79. The lowest BCUT2D eigenvalue weighted by Crippen LogP contribution is -2.02. The van der Waals surface area contributed by atoms with Gasteiger partial charge in [-0.05, 0) is 36.5 Å². The molecule has 1 heterocycles. The summed E-state index contributed by atoms with van der Waals surface area (Å²) in [6.45, 7) is 1.62. The molecule has 0 fully saturated rings. The smallest absolute Gasteiger partial charge is 0.227 e. The molecule has 76 valence electrons. The van der Waals surface area contributed by atoms with E-state index in [1.165, 1.54) is 22.9 Å². The van der Waals surface area contributed by atoms with E-state index in [0.29, 0.717) is 0 Å². The SMILES string of the molecule is CC(=O)n1cc2c3c(cccc31)CCC2. The van der Waals surface area contributed by atoms with Crippen molar-refractivity contribution in [3.8, 4) is 0 Å². The summed E-state index contributed by atoms with van der Waals surface area (Å²) in [6.07, 6.45) is 5.46. The number of benzene rings is 1. The number of hydrogen-bond donors (Lipinski definition) is 0. The molecular weight excluding hydrogens is 186 g/mol. The van der Waals surface area contributed by atoms with E-state index in [-0.39, 0.29) is 5.91 Å². The van der Waals surface area contributed by atoms with Crippen LogP contribution in [0.15, 0.2) is 24.4 Å². The van der Waals surface area contributed by atoms with E-state index >= 15 is 0 Å². The van der Waals surface area contributed by atoms with Crippen LogP contribution in [0.3, 0.4) is 0 Å². The van der Waals surface area contributed by atoms with Gasteiger partial charge in [0, 0.05) is 18.5 Å². The van der Waals surface area contributed by atoms with E-state index in [1.807, 2.05) is 18.3 Å². The summed E-state index contributed by atoms with van der Waals surface area (Å²) in [7, 11) is 0. The molecule has 1 aliphatic rings. The molecule has 1 aliphatic carbocycles. The summed E-state index contributed by atoms with van der Waals surface area (Å²) in [6, 6.07) is 6.26. The van der Waals surface area contributed by atoms with Crippen LogP contribution in [0.5, 0.6) is 0 Å². The van der Waals surface area contributed by atoms with Gasteiger partial charge < -0.3 is 0 Å². The van der Waals surface area contributed by atoms with Gasteiger partial charge in [0.15, 0.2) is 0 Å². The van der Waals surface area contributed by atoms with Crippen LogP contribution in [0, 0.1) is 0 Å². The van der Waals surface area contributed by atoms with Crippen LogP contribution in [0.4, 0.5) is 0 Å². The summed E-state index contributed by atoms with van der Waals surface area (Å²) < 4.78 is 1.78. The molecule has 0 N–H and O–H groups in total. The van der Waals surface area contributed by atoms with E-state index in [2.05, 4.69) is 6.07 Å². The molecule has 0 radical (unpaired) electrons. The van der Waals surface area contributed by atoms with Crippen molar-refractivity contribution in [3.05, 3.63) is 35.5 Å². The van der Waals surface area contributed by atoms with Crippen LogP contribution >= 0.6 is 0 Å². The number of hydrogen-bond acceptors (Lipinski definition) is 1. The topological polar surface area (TPSA) is 22.0 Å². The second kappa shape index (κ2) is 2.96. The van der Waals surface area contributed by atoms with Crippen molar-refractivity contribution < 1.29 is 4.79 Å². The van der Waals surface area contributed by atoms with Crippen LogP contribution in [0.1, 0.15) is 29.3 Å². The molecule has 1 aromatic heterocycles. The fraction of sp³-hybridized carbons (Fsp3) is 0.308. The first-order valence-corrected chi connectivity index (χ1v) is 5.40. The molecule has 0 spiro atoms. The fourth-order valence-electron chi connectivity index (χ4n) is 2.58. The summed E-state index contributed by atoms with van der Waals surface area (Å²) in [5.74, 6) is 0.102. The summed E-state index contributed by atoms with van der Waals surface area (Å²) >= 11 is 0. The molecule has 15 heavy (non-hydrogen) atoms. The summed E-state index contributed by atoms with van der Waals surface area (Å²) in [4.78, 5) is 11.5. The summed E-state index contributed by atoms with van der Waals surface area (Å²) in [5, 5.41) is 1.32. The fourth-order valence-corrected chi connectivity index (χ4v) is 2.58. The third kappa shape index (κ3) is 1.14. The van der Waals surface area contributed by atoms with E-state index in [1.54, 1.807) is 11.5 Å². The predicted octanol–water partition coefficient (Wildman–Crippen LogP) is 2.79. The highest BCUT2D eigenvalue weighted by molar-refractivity contribution is 5.95. The standard InChI is InChI=1S/C13H13NO/c1-9(15)14-8-11-6-2-4-10-5-3-7-12(14)13(10)11/h3,5,7-8H,2,4,6H2,1H3. The van der Waals surface area contributed by atoms with Crippen LogP contribution in [0.2, 0.25) is 0 Å². The van der Waals surface area contributed by atoms with E-state index < -0.39 is 0 Å². The first-order valence-electron chi connectivity index (χ1n) is 5.40. The van der Waals surface area contributed by atoms with Gasteiger partial charge in [0.05, 0.1) is 5.52 Å². The number of aryl methyl sites for hydroxylation is 2. The lowest BCUT2D eigenvalue weighted by Gasteiger charge is -2.11. The highest BCUT2D eigenvalue weighted by atomic mass is 16.1. The minimum Gasteiger partial charge on any atom is -0.287 e. The van der Waals surface area contributed by atoms with Crippen molar-refractivity contribution in [2.24, 2.45) is 0 Å². The maximum absolute atomic E-state index is 11.5. The van der Waals surface area contributed by atoms with Gasteiger partial charge in [0.25, 0.3) is 0 Å². The molecule has 3 rings (SSSR count). The molecule has 0 unspecified atom stereocenters. The van der Waals surface area contributed by atoms with Gasteiger partial charge in [-0.3, -0.25) is 9.36 Å². The highest BCUT2D eigenvalue weighted by Crippen LogP contribution is 2.30. The third-order valence-electron chi connectivity index (χ3n) is 3.23. The molecule has 1 aromatic carbocycles. The maximum Gasteiger partial charge on any atom is 0.227 e. The number of nitrogens with zero attached hydrogens (tertiary/aromatic N) is 1. The first-order chi connectivity index (χ1) is 7.27. The molecule has 0 aliphatic heterocycles. The van der Waals surface area contributed by atoms with Crippen molar-refractivity contribution in [1.82, 2.24) is 4.57 Å². The second-order valence-corrected chi connectivity index (χ2v) is 4.21. The Kier molecular flexibility index (Phi) is 1.72. The molecule has 0 amide bonds. The average molecular weight is 199 g/mol. The second-order valence-electron chi connectivity index (χ2n) is 4.21. The molecule has 0 saturated heterocycles. The van der Waals surface area contributed by atoms with Gasteiger partial charge in [-0.1, -0.05) is 12.1 Å². The Hall–Kier alpha value is -1.57. The molecule has 0 atom stereocenters. The third-order valence-corrected chi connectivity index (χ3v) is 3.23. The molecule has 0 bridgehead atoms. The van der Waals surface area contributed by atoms with Crippen molar-refractivity contribution >= 4 is 16.8 Å². The minimum absolute atomic E-state index is 0.102. The number of carbonyl (C=O) groups excluding carboxylic acids is 1. The van der Waals surface area contributed by atoms with Gasteiger partial charge >= 0.3 is 0 Å². The van der Waals surface area contributed by atoms with Crippen molar-refractivity contribution in [2.75, 3.05) is 0 Å². The molecule has 2 heteroatoms. The largest absolute Gasteiger partial charge is 0.287 e. The van der Waals surface area contributed by atoms with E-state index in [0.717, 1.165) is 18.4 Å². The quantitative estimate of drug-likeness (QED) is 0.639. The Labute approximate surface area is 88.5 Å². The lowest BCUT2D eigenvalue weighted by molar-refractivity contribution is 0.0941. The zero-order valence-electron chi connectivity index (χ0n) is 8.79. The van der Waals surface area contributed by atoms with E-state index in [9.17, 15) is 4.79 Å². The van der Waals surface area contributed by atoms with Crippen LogP contribution in [0.25, 0.3) is 10.9 Å². The monoisotopic (exact) mass is 199 g/mol. The Balaban J connectivity index is 2.43. The molecule has 2 nitrogen and oxygen atoms in total. The van der Waals surface area contributed by atoms with Crippen LogP contribution in [-0.2, 0) is 12.8 Å². The zero-order chi connectivity index (χ0) is 10.4. The van der Waals surface area contributed by atoms with Gasteiger partial charge in [0.1, 0.15) is 0 Å². The van der Waals surface area contributed by atoms with Crippen molar-refractivity contribution in [2.45, 2.75) is 26.2 Å². The number of rotatable bonds is 0. The Morgan fingerprint density at radius 1 is 1.27 bits per heavy atom. The number of carbonyl (C=O) groups is 1. The molecular formula is C13H13NO. The molecule has 2 aromatic rings. The summed E-state index contributed by atoms with van der Waals surface area (Å²) in [5.41, 5.74) is 3.81. The van der Waals surface area contributed by atoms with Gasteiger partial charge in [-0.2, -0.15) is 0 Å². The highest BCUT2D eigenvalue weighted by Gasteiger charge is 2.17. The number of aromatic nitrogens is 1. The van der Waals surface area contributed by atoms with Crippen LogP contribution in [-0.4, -0.2) is 10.5 Å². The van der Waals surface area contributed by atoms with Crippen molar-refractivity contribution in [3.63, 3.8) is 0 Å². The lowest BCUT2D eigenvalue weighted by atomic mass is 9.93. The van der Waals surface area contributed by atoms with Gasteiger partial charge in [0.2, 0.25) is 5.91 Å². The average Bonchev–Trinajstić information content (AvgIpc) is 2.61. The Bertz CT molecular complexity index is 551. The Morgan fingerprint density at radius 3 is 2.87 bits per heavy atom. The predicted molar refractivity (Wildman–Crippen MR) is 60.3 cm³/mol. The first kappa shape index (κ1) is 8.72. The maximum atomic E-state index is 11.5. The van der Waals surface area contributed by atoms with Gasteiger partial charge in [-0.25, -0.2) is 0 Å². The molecule has 0 saturated carbocycles. The van der Waals surface area contributed by atoms with Crippen LogP contribution < -0.4 is 0 Å².